The fourth-order valence-corrected chi connectivity index (χ4v) is 2.66. The van der Waals surface area contributed by atoms with Gasteiger partial charge in [0.25, 0.3) is 0 Å². The molecule has 1 atom stereocenters. The molecular weight excluding hydrogens is 433 g/mol. The van der Waals surface area contributed by atoms with Gasteiger partial charge in [-0.25, -0.2) is 9.48 Å². The Morgan fingerprint density at radius 1 is 1.19 bits per heavy atom. The minimum Gasteiger partial charge on any atom is -0.475 e. The first-order valence-corrected chi connectivity index (χ1v) is 9.58. The maximum Gasteiger partial charge on any atom is 0.490 e. The van der Waals surface area contributed by atoms with E-state index in [1.165, 1.54) is 5.56 Å². The van der Waals surface area contributed by atoms with E-state index in [4.69, 9.17) is 27.2 Å². The van der Waals surface area contributed by atoms with Gasteiger partial charge in [0, 0.05) is 25.3 Å². The highest BCUT2D eigenvalue weighted by Crippen LogP contribution is 2.17. The first-order chi connectivity index (χ1) is 14.6. The summed E-state index contributed by atoms with van der Waals surface area (Å²) in [5, 5.41) is 15.6. The minimum absolute atomic E-state index is 0.000311. The lowest BCUT2D eigenvalue weighted by molar-refractivity contribution is -0.192. The summed E-state index contributed by atoms with van der Waals surface area (Å²) < 4.78 is 33.5. The molecule has 0 saturated heterocycles. The van der Waals surface area contributed by atoms with Crippen molar-refractivity contribution in [2.75, 3.05) is 6.54 Å². The molecule has 31 heavy (non-hydrogen) atoms. The maximum atomic E-state index is 10.6. The highest BCUT2D eigenvalue weighted by atomic mass is 35.5. The quantitative estimate of drug-likeness (QED) is 0.517. The number of carbonyl (C=O) groups is 1. The first-order valence-electron chi connectivity index (χ1n) is 9.20. The summed E-state index contributed by atoms with van der Waals surface area (Å²) >= 11 is 6.05. The number of aryl methyl sites for hydroxylation is 1. The molecule has 0 aliphatic heterocycles. The Morgan fingerprint density at radius 3 is 2.26 bits per heavy atom. The van der Waals surface area contributed by atoms with E-state index in [0.717, 1.165) is 30.0 Å². The van der Waals surface area contributed by atoms with Gasteiger partial charge in [-0.15, -0.1) is 0 Å². The molecule has 0 fully saturated rings. The molecule has 3 aromatic rings. The number of aromatic nitrogens is 2. The third kappa shape index (κ3) is 7.71. The van der Waals surface area contributed by atoms with Gasteiger partial charge in [-0.05, 0) is 30.2 Å². The van der Waals surface area contributed by atoms with Crippen LogP contribution in [0.5, 0.6) is 0 Å². The van der Waals surface area contributed by atoms with Crippen LogP contribution in [0.15, 0.2) is 60.8 Å². The lowest BCUT2D eigenvalue weighted by atomic mass is 10.1. The van der Waals surface area contributed by atoms with Crippen molar-refractivity contribution in [1.82, 2.24) is 15.1 Å². The van der Waals surface area contributed by atoms with Crippen LogP contribution in [0.3, 0.4) is 0 Å². The van der Waals surface area contributed by atoms with Crippen molar-refractivity contribution in [1.29, 1.82) is 0 Å². The van der Waals surface area contributed by atoms with E-state index in [2.05, 4.69) is 34.7 Å². The molecule has 6 nitrogen and oxygen atoms in total. The number of hydrogen-bond acceptors (Lipinski definition) is 4. The van der Waals surface area contributed by atoms with Crippen LogP contribution in [0, 0.1) is 6.92 Å². The number of alkyl halides is 3. The summed E-state index contributed by atoms with van der Waals surface area (Å²) in [5.74, 6) is -2.76. The van der Waals surface area contributed by atoms with Crippen LogP contribution in [0.2, 0.25) is 5.02 Å². The maximum absolute atomic E-state index is 10.6. The van der Waals surface area contributed by atoms with Gasteiger partial charge in [0.2, 0.25) is 0 Å². The van der Waals surface area contributed by atoms with Crippen LogP contribution >= 0.6 is 11.6 Å². The van der Waals surface area contributed by atoms with Crippen LogP contribution < -0.4 is 11.1 Å². The number of aliphatic carboxylic acids is 1. The monoisotopic (exact) mass is 454 g/mol. The molecule has 0 radical (unpaired) electrons. The predicted molar refractivity (Wildman–Crippen MR) is 112 cm³/mol. The zero-order valence-electron chi connectivity index (χ0n) is 16.6. The number of rotatable bonds is 6. The van der Waals surface area contributed by atoms with Gasteiger partial charge >= 0.3 is 12.1 Å². The summed E-state index contributed by atoms with van der Waals surface area (Å²) in [6, 6.07) is 18.4. The molecule has 4 N–H and O–H groups in total. The van der Waals surface area contributed by atoms with Crippen LogP contribution in [-0.2, 0) is 11.3 Å². The van der Waals surface area contributed by atoms with E-state index < -0.39 is 12.1 Å². The van der Waals surface area contributed by atoms with Gasteiger partial charge in [-0.2, -0.15) is 18.3 Å². The first kappa shape index (κ1) is 24.4. The lowest BCUT2D eigenvalue weighted by Crippen LogP contribution is -2.26. The lowest BCUT2D eigenvalue weighted by Gasteiger charge is -2.13. The third-order valence-corrected chi connectivity index (χ3v) is 4.57. The average Bonchev–Trinajstić information content (AvgIpc) is 3.07. The fourth-order valence-electron chi connectivity index (χ4n) is 2.53. The zero-order chi connectivity index (χ0) is 23.0. The normalized spacial score (nSPS) is 12.1. The summed E-state index contributed by atoms with van der Waals surface area (Å²) in [6.45, 7) is 3.41. The third-order valence-electron chi connectivity index (χ3n) is 4.20. The Kier molecular flexibility index (Phi) is 8.61. The van der Waals surface area contributed by atoms with Crippen molar-refractivity contribution in [2.45, 2.75) is 25.7 Å². The number of halogens is 4. The van der Waals surface area contributed by atoms with E-state index in [1.807, 2.05) is 43.5 Å². The highest BCUT2D eigenvalue weighted by Gasteiger charge is 2.38. The Labute approximate surface area is 182 Å². The van der Waals surface area contributed by atoms with Crippen LogP contribution in [-0.4, -0.2) is 33.6 Å². The minimum atomic E-state index is -5.08. The summed E-state index contributed by atoms with van der Waals surface area (Å²) in [4.78, 5) is 8.90. The Hall–Kier alpha value is -2.88. The molecule has 166 valence electrons. The van der Waals surface area contributed by atoms with E-state index in [9.17, 15) is 13.2 Å². The molecule has 10 heteroatoms. The molecule has 0 aliphatic carbocycles. The van der Waals surface area contributed by atoms with Crippen molar-refractivity contribution in [3.05, 3.63) is 82.6 Å². The number of nitrogens with zero attached hydrogens (tertiary/aromatic N) is 2. The topological polar surface area (TPSA) is 93.2 Å². The van der Waals surface area contributed by atoms with Crippen molar-refractivity contribution >= 4 is 17.6 Å². The average molecular weight is 455 g/mol. The second kappa shape index (κ2) is 10.9. The van der Waals surface area contributed by atoms with Gasteiger partial charge in [-0.3, -0.25) is 0 Å². The summed E-state index contributed by atoms with van der Waals surface area (Å²) in [5.41, 5.74) is 10.4. The standard InChI is InChI=1S/C19H21ClN4.C2HF3O2/c1-14-18(20)13-24(23-14)17-9-7-15(8-10-17)11-22-12-19(21)16-5-3-2-4-6-16;3-2(4,5)1(6)7/h2-10,13,19,22H,11-12,21H2,1H3;(H,6,7). The smallest absolute Gasteiger partial charge is 0.475 e. The number of nitrogens with two attached hydrogens (primary N) is 1. The van der Waals surface area contributed by atoms with Gasteiger partial charge in [0.1, 0.15) is 0 Å². The summed E-state index contributed by atoms with van der Waals surface area (Å²) in [6.07, 6.45) is -3.26. The van der Waals surface area contributed by atoms with Gasteiger partial charge < -0.3 is 16.2 Å². The van der Waals surface area contributed by atoms with Gasteiger partial charge in [0.05, 0.1) is 16.4 Å². The van der Waals surface area contributed by atoms with Crippen LogP contribution in [0.4, 0.5) is 13.2 Å². The number of benzene rings is 2. The second-order valence-corrected chi connectivity index (χ2v) is 7.03. The molecule has 2 aromatic carbocycles. The molecule has 1 unspecified atom stereocenters. The van der Waals surface area contributed by atoms with Crippen LogP contribution in [0.1, 0.15) is 22.9 Å². The Morgan fingerprint density at radius 2 is 1.77 bits per heavy atom. The molecular formula is C21H22ClF3N4O2. The molecule has 0 bridgehead atoms. The number of nitrogens with one attached hydrogen (secondary N) is 1. The highest BCUT2D eigenvalue weighted by molar-refractivity contribution is 6.31. The van der Waals surface area contributed by atoms with Gasteiger partial charge in [-0.1, -0.05) is 54.1 Å². The number of carboxylic acids is 1. The Bertz CT molecular complexity index is 957. The largest absolute Gasteiger partial charge is 0.490 e. The van der Waals surface area contributed by atoms with E-state index in [1.54, 1.807) is 4.68 Å². The number of carboxylic acid groups (broad SMARTS) is 1. The van der Waals surface area contributed by atoms with E-state index in [-0.39, 0.29) is 6.04 Å². The molecule has 0 aliphatic rings. The van der Waals surface area contributed by atoms with Crippen molar-refractivity contribution < 1.29 is 23.1 Å². The predicted octanol–water partition coefficient (Wildman–Crippen LogP) is 4.26. The van der Waals surface area contributed by atoms with Gasteiger partial charge in [0.15, 0.2) is 0 Å². The van der Waals surface area contributed by atoms with E-state index >= 15 is 0 Å². The van der Waals surface area contributed by atoms with Crippen molar-refractivity contribution in [3.63, 3.8) is 0 Å². The molecule has 0 amide bonds. The fraction of sp³-hybridized carbons (Fsp3) is 0.238. The zero-order valence-corrected chi connectivity index (χ0v) is 17.4. The van der Waals surface area contributed by atoms with Crippen molar-refractivity contribution in [2.24, 2.45) is 5.73 Å². The molecule has 1 heterocycles. The summed E-state index contributed by atoms with van der Waals surface area (Å²) in [7, 11) is 0. The molecule has 3 rings (SSSR count). The Balaban J connectivity index is 0.000000423. The van der Waals surface area contributed by atoms with Crippen molar-refractivity contribution in [3.8, 4) is 5.69 Å². The molecule has 1 aromatic heterocycles. The molecule has 0 spiro atoms. The van der Waals surface area contributed by atoms with E-state index in [0.29, 0.717) is 5.02 Å². The second-order valence-electron chi connectivity index (χ2n) is 6.62. The molecule has 0 saturated carbocycles. The SMILES string of the molecule is Cc1nn(-c2ccc(CNCC(N)c3ccccc3)cc2)cc1Cl.O=C(O)C(F)(F)F. The number of hydrogen-bond donors (Lipinski definition) is 3. The van der Waals surface area contributed by atoms with Crippen LogP contribution in [0.25, 0.3) is 5.69 Å².